The molecule has 4 rings (SSSR count). The number of nitrogens with zero attached hydrogens (tertiary/aromatic N) is 3. The van der Waals surface area contributed by atoms with Gasteiger partial charge < -0.3 is 14.4 Å². The lowest BCUT2D eigenvalue weighted by atomic mass is 10.2. The van der Waals surface area contributed by atoms with Gasteiger partial charge in [0.05, 0.1) is 13.2 Å². The highest BCUT2D eigenvalue weighted by atomic mass is 32.2. The fourth-order valence-electron chi connectivity index (χ4n) is 3.17. The van der Waals surface area contributed by atoms with Gasteiger partial charge in [-0.3, -0.25) is 9.97 Å². The number of aryl methyl sites for hydroxylation is 1. The zero-order chi connectivity index (χ0) is 19.3. The maximum atomic E-state index is 5.65. The Morgan fingerprint density at radius 3 is 2.61 bits per heavy atom. The predicted molar refractivity (Wildman–Crippen MR) is 111 cm³/mol. The van der Waals surface area contributed by atoms with Crippen molar-refractivity contribution >= 4 is 17.4 Å². The van der Waals surface area contributed by atoms with Crippen LogP contribution in [0.15, 0.2) is 70.8 Å². The maximum Gasteiger partial charge on any atom is 0.186 e. The number of aromatic nitrogens is 2. The largest absolute Gasteiger partial charge is 0.370 e. The van der Waals surface area contributed by atoms with Gasteiger partial charge in [0.15, 0.2) is 6.29 Å². The molecular formula is C22H23N3O2S. The molecule has 0 bridgehead atoms. The Hall–Kier alpha value is -2.41. The predicted octanol–water partition coefficient (Wildman–Crippen LogP) is 4.62. The van der Waals surface area contributed by atoms with E-state index in [0.29, 0.717) is 13.2 Å². The van der Waals surface area contributed by atoms with E-state index in [0.717, 1.165) is 22.7 Å². The average Bonchev–Trinajstić information content (AvgIpc) is 3.24. The highest BCUT2D eigenvalue weighted by molar-refractivity contribution is 7.99. The summed E-state index contributed by atoms with van der Waals surface area (Å²) in [5.41, 5.74) is 4.46. The summed E-state index contributed by atoms with van der Waals surface area (Å²) in [7, 11) is 2.10. The Morgan fingerprint density at radius 1 is 1.07 bits per heavy atom. The first-order chi connectivity index (χ1) is 13.7. The second-order valence-electron chi connectivity index (χ2n) is 6.74. The molecule has 0 N–H and O–H groups in total. The number of ether oxygens (including phenoxy) is 2. The monoisotopic (exact) mass is 393 g/mol. The minimum atomic E-state index is -0.314. The van der Waals surface area contributed by atoms with E-state index in [1.807, 2.05) is 25.4 Å². The quantitative estimate of drug-likeness (QED) is 0.609. The van der Waals surface area contributed by atoms with E-state index < -0.39 is 0 Å². The lowest BCUT2D eigenvalue weighted by Crippen LogP contribution is -2.16. The van der Waals surface area contributed by atoms with Crippen molar-refractivity contribution in [3.05, 3.63) is 77.9 Å². The molecule has 0 atom stereocenters. The Morgan fingerprint density at radius 2 is 1.86 bits per heavy atom. The highest BCUT2D eigenvalue weighted by Crippen LogP contribution is 2.36. The molecule has 6 heteroatoms. The molecule has 28 heavy (non-hydrogen) atoms. The Balaban J connectivity index is 1.45. The molecule has 0 saturated carbocycles. The van der Waals surface area contributed by atoms with Crippen LogP contribution in [-0.2, 0) is 16.0 Å². The molecule has 1 saturated heterocycles. The number of pyridine rings is 2. The van der Waals surface area contributed by atoms with Gasteiger partial charge in [-0.2, -0.15) is 0 Å². The van der Waals surface area contributed by atoms with Crippen molar-refractivity contribution in [2.24, 2.45) is 0 Å². The van der Waals surface area contributed by atoms with Crippen LogP contribution in [0, 0.1) is 6.92 Å². The van der Waals surface area contributed by atoms with Crippen LogP contribution in [0.25, 0.3) is 0 Å². The fraction of sp³-hybridized carbons (Fsp3) is 0.273. The lowest BCUT2D eigenvalue weighted by molar-refractivity contribution is -0.0462. The molecule has 1 fully saturated rings. The number of anilines is 1. The first-order valence-electron chi connectivity index (χ1n) is 9.27. The van der Waals surface area contributed by atoms with Crippen molar-refractivity contribution in [1.82, 2.24) is 9.97 Å². The first-order valence-corrected chi connectivity index (χ1v) is 10.1. The Bertz CT molecular complexity index is 927. The van der Waals surface area contributed by atoms with Crippen molar-refractivity contribution < 1.29 is 9.47 Å². The van der Waals surface area contributed by atoms with Crippen LogP contribution in [0.4, 0.5) is 5.69 Å². The maximum absolute atomic E-state index is 5.65. The summed E-state index contributed by atoms with van der Waals surface area (Å²) >= 11 is 1.70. The molecule has 144 valence electrons. The molecule has 0 aliphatic carbocycles. The van der Waals surface area contributed by atoms with Crippen LogP contribution in [0.1, 0.15) is 23.1 Å². The third-order valence-corrected chi connectivity index (χ3v) is 5.67. The van der Waals surface area contributed by atoms with Gasteiger partial charge in [-0.05, 0) is 55.0 Å². The molecule has 1 aliphatic heterocycles. The summed E-state index contributed by atoms with van der Waals surface area (Å²) in [5, 5.41) is 0. The second-order valence-corrected chi connectivity index (χ2v) is 7.86. The van der Waals surface area contributed by atoms with Crippen molar-refractivity contribution in [2.45, 2.75) is 29.5 Å². The van der Waals surface area contributed by atoms with Crippen LogP contribution in [0.2, 0.25) is 0 Å². The third-order valence-electron chi connectivity index (χ3n) is 4.57. The summed E-state index contributed by atoms with van der Waals surface area (Å²) in [4.78, 5) is 13.0. The smallest absolute Gasteiger partial charge is 0.186 e. The highest BCUT2D eigenvalue weighted by Gasteiger charge is 2.22. The number of benzene rings is 1. The van der Waals surface area contributed by atoms with Crippen molar-refractivity contribution in [1.29, 1.82) is 0 Å². The molecule has 1 aromatic carbocycles. The minimum Gasteiger partial charge on any atom is -0.370 e. The first kappa shape index (κ1) is 18.9. The fourth-order valence-corrected chi connectivity index (χ4v) is 4.09. The van der Waals surface area contributed by atoms with Gasteiger partial charge in [-0.1, -0.05) is 11.8 Å². The summed E-state index contributed by atoms with van der Waals surface area (Å²) in [5.74, 6) is 0. The summed E-state index contributed by atoms with van der Waals surface area (Å²) in [6.07, 6.45) is 5.18. The van der Waals surface area contributed by atoms with E-state index in [9.17, 15) is 0 Å². The van der Waals surface area contributed by atoms with Gasteiger partial charge in [0.25, 0.3) is 0 Å². The van der Waals surface area contributed by atoms with Gasteiger partial charge in [-0.15, -0.1) is 0 Å². The zero-order valence-corrected chi connectivity index (χ0v) is 16.9. The van der Waals surface area contributed by atoms with E-state index in [1.54, 1.807) is 18.0 Å². The average molecular weight is 394 g/mol. The molecule has 0 unspecified atom stereocenters. The molecule has 0 amide bonds. The standard InChI is InChI=1S/C22H23N3O2S/c1-16-13-17(7-10-24-16)15-25(2)18-3-5-19(6-4-18)28-21-8-9-23-14-20(21)22-26-11-12-27-22/h3-10,13-14,22H,11-12,15H2,1-2H3. The van der Waals surface area contributed by atoms with Gasteiger partial charge in [0.2, 0.25) is 0 Å². The third kappa shape index (κ3) is 4.52. The van der Waals surface area contributed by atoms with Gasteiger partial charge in [0.1, 0.15) is 0 Å². The molecule has 3 heterocycles. The second kappa shape index (κ2) is 8.73. The SMILES string of the molecule is Cc1cc(CN(C)c2ccc(Sc3ccncc3C3OCCO3)cc2)ccn1. The van der Waals surface area contributed by atoms with Crippen LogP contribution >= 0.6 is 11.8 Å². The van der Waals surface area contributed by atoms with E-state index in [1.165, 1.54) is 16.1 Å². The van der Waals surface area contributed by atoms with Crippen LogP contribution in [-0.4, -0.2) is 30.2 Å². The number of hydrogen-bond donors (Lipinski definition) is 0. The van der Waals surface area contributed by atoms with Crippen molar-refractivity contribution in [3.63, 3.8) is 0 Å². The van der Waals surface area contributed by atoms with Crippen molar-refractivity contribution in [3.8, 4) is 0 Å². The molecule has 3 aromatic rings. The molecule has 2 aromatic heterocycles. The van der Waals surface area contributed by atoms with E-state index in [-0.39, 0.29) is 6.29 Å². The van der Waals surface area contributed by atoms with E-state index >= 15 is 0 Å². The normalized spacial score (nSPS) is 14.4. The molecule has 0 spiro atoms. The van der Waals surface area contributed by atoms with Crippen LogP contribution in [0.5, 0.6) is 0 Å². The van der Waals surface area contributed by atoms with Gasteiger partial charge >= 0.3 is 0 Å². The van der Waals surface area contributed by atoms with Crippen molar-refractivity contribution in [2.75, 3.05) is 25.2 Å². The minimum absolute atomic E-state index is 0.314. The zero-order valence-electron chi connectivity index (χ0n) is 16.0. The summed E-state index contributed by atoms with van der Waals surface area (Å²) < 4.78 is 11.3. The van der Waals surface area contributed by atoms with Gasteiger partial charge in [0, 0.05) is 58.9 Å². The Labute approximate surface area is 169 Å². The van der Waals surface area contributed by atoms with E-state index in [2.05, 4.69) is 58.3 Å². The summed E-state index contributed by atoms with van der Waals surface area (Å²) in [6.45, 7) is 4.12. The Kier molecular flexibility index (Phi) is 5.90. The number of hydrogen-bond acceptors (Lipinski definition) is 6. The molecule has 5 nitrogen and oxygen atoms in total. The van der Waals surface area contributed by atoms with Gasteiger partial charge in [-0.25, -0.2) is 0 Å². The topological polar surface area (TPSA) is 47.5 Å². The van der Waals surface area contributed by atoms with Crippen LogP contribution in [0.3, 0.4) is 0 Å². The van der Waals surface area contributed by atoms with E-state index in [4.69, 9.17) is 9.47 Å². The summed E-state index contributed by atoms with van der Waals surface area (Å²) in [6, 6.07) is 14.8. The molecule has 0 radical (unpaired) electrons. The molecule has 1 aliphatic rings. The van der Waals surface area contributed by atoms with Crippen LogP contribution < -0.4 is 4.90 Å². The lowest BCUT2D eigenvalue weighted by Gasteiger charge is -2.20. The number of rotatable bonds is 6. The molecular weight excluding hydrogens is 370 g/mol.